The molecule has 2 aromatic heterocycles. The van der Waals surface area contributed by atoms with Gasteiger partial charge in [-0.2, -0.15) is 0 Å². The molecule has 4 rings (SSSR count). The molecule has 146 valence electrons. The highest BCUT2D eigenvalue weighted by molar-refractivity contribution is 8.01. The Morgan fingerprint density at radius 2 is 1.93 bits per heavy atom. The SMILES string of the molecule is CCOc1ccc2nc(SCCCCn3c(CC)nc4ccccc43)sc2c1. The second-order valence-corrected chi connectivity index (χ2v) is 8.99. The summed E-state index contributed by atoms with van der Waals surface area (Å²) in [5.74, 6) is 3.20. The van der Waals surface area contributed by atoms with Gasteiger partial charge in [-0.05, 0) is 50.1 Å². The zero-order valence-corrected chi connectivity index (χ0v) is 18.0. The Morgan fingerprint density at radius 1 is 1.04 bits per heavy atom. The van der Waals surface area contributed by atoms with Crippen LogP contribution in [0, 0.1) is 0 Å². The van der Waals surface area contributed by atoms with Crippen molar-refractivity contribution in [2.45, 2.75) is 44.0 Å². The van der Waals surface area contributed by atoms with Gasteiger partial charge in [0.25, 0.3) is 0 Å². The number of aryl methyl sites for hydroxylation is 2. The van der Waals surface area contributed by atoms with Gasteiger partial charge in [0.05, 0.1) is 27.9 Å². The van der Waals surface area contributed by atoms with Crippen molar-refractivity contribution >= 4 is 44.3 Å². The average Bonchev–Trinajstić information content (AvgIpc) is 3.28. The highest BCUT2D eigenvalue weighted by atomic mass is 32.2. The predicted molar refractivity (Wildman–Crippen MR) is 120 cm³/mol. The number of fused-ring (bicyclic) bond motifs is 2. The molecule has 0 radical (unpaired) electrons. The van der Waals surface area contributed by atoms with Crippen LogP contribution in [0.5, 0.6) is 5.75 Å². The van der Waals surface area contributed by atoms with E-state index in [0.29, 0.717) is 6.61 Å². The summed E-state index contributed by atoms with van der Waals surface area (Å²) in [6.45, 7) is 5.91. The van der Waals surface area contributed by atoms with Gasteiger partial charge in [0, 0.05) is 18.7 Å². The number of rotatable bonds is 9. The monoisotopic (exact) mass is 411 g/mol. The minimum Gasteiger partial charge on any atom is -0.494 e. The number of para-hydroxylation sites is 2. The van der Waals surface area contributed by atoms with Crippen LogP contribution < -0.4 is 4.74 Å². The van der Waals surface area contributed by atoms with Gasteiger partial charge in [0.15, 0.2) is 4.34 Å². The largest absolute Gasteiger partial charge is 0.494 e. The Kier molecular flexibility index (Phi) is 6.17. The van der Waals surface area contributed by atoms with E-state index in [1.165, 1.54) is 22.5 Å². The van der Waals surface area contributed by atoms with Crippen molar-refractivity contribution in [3.8, 4) is 5.75 Å². The average molecular weight is 412 g/mol. The van der Waals surface area contributed by atoms with Crippen LogP contribution in [0.3, 0.4) is 0 Å². The van der Waals surface area contributed by atoms with Crippen LogP contribution in [-0.2, 0) is 13.0 Å². The van der Waals surface area contributed by atoms with Gasteiger partial charge in [-0.15, -0.1) is 11.3 Å². The number of thioether (sulfide) groups is 1. The van der Waals surface area contributed by atoms with E-state index < -0.39 is 0 Å². The first-order valence-corrected chi connectivity index (χ1v) is 11.7. The maximum absolute atomic E-state index is 5.59. The molecule has 0 spiro atoms. The molecule has 0 aliphatic rings. The second kappa shape index (κ2) is 8.97. The lowest BCUT2D eigenvalue weighted by Gasteiger charge is -2.07. The number of aromatic nitrogens is 3. The number of benzene rings is 2. The van der Waals surface area contributed by atoms with Crippen LogP contribution in [0.4, 0.5) is 0 Å². The van der Waals surface area contributed by atoms with E-state index in [1.807, 2.05) is 24.8 Å². The molecule has 0 amide bonds. The van der Waals surface area contributed by atoms with Crippen LogP contribution in [0.2, 0.25) is 0 Å². The van der Waals surface area contributed by atoms with Crippen molar-refractivity contribution in [3.05, 3.63) is 48.3 Å². The van der Waals surface area contributed by atoms with Crippen molar-refractivity contribution in [3.63, 3.8) is 0 Å². The third-order valence-electron chi connectivity index (χ3n) is 4.70. The Hall–Kier alpha value is -2.05. The summed E-state index contributed by atoms with van der Waals surface area (Å²) in [6, 6.07) is 14.6. The van der Waals surface area contributed by atoms with E-state index in [9.17, 15) is 0 Å². The Balaban J connectivity index is 1.32. The highest BCUT2D eigenvalue weighted by Crippen LogP contribution is 2.32. The van der Waals surface area contributed by atoms with Crippen LogP contribution >= 0.6 is 23.1 Å². The molecule has 0 N–H and O–H groups in total. The lowest BCUT2D eigenvalue weighted by Crippen LogP contribution is -2.03. The van der Waals surface area contributed by atoms with Gasteiger partial charge >= 0.3 is 0 Å². The smallest absolute Gasteiger partial charge is 0.151 e. The lowest BCUT2D eigenvalue weighted by atomic mass is 10.3. The van der Waals surface area contributed by atoms with E-state index in [4.69, 9.17) is 14.7 Å². The first-order chi connectivity index (χ1) is 13.8. The minimum atomic E-state index is 0.692. The van der Waals surface area contributed by atoms with Gasteiger partial charge in [0.1, 0.15) is 11.6 Å². The number of unbranched alkanes of at least 4 members (excludes halogenated alkanes) is 1. The summed E-state index contributed by atoms with van der Waals surface area (Å²) in [6.07, 6.45) is 3.29. The van der Waals surface area contributed by atoms with Crippen molar-refractivity contribution in [1.29, 1.82) is 0 Å². The van der Waals surface area contributed by atoms with Crippen LogP contribution in [0.25, 0.3) is 21.3 Å². The minimum absolute atomic E-state index is 0.692. The topological polar surface area (TPSA) is 39.9 Å². The maximum Gasteiger partial charge on any atom is 0.151 e. The first kappa shape index (κ1) is 19.3. The maximum atomic E-state index is 5.59. The molecular formula is C22H25N3OS2. The van der Waals surface area contributed by atoms with Crippen LogP contribution in [0.1, 0.15) is 32.5 Å². The zero-order chi connectivity index (χ0) is 19.3. The molecule has 0 atom stereocenters. The van der Waals surface area contributed by atoms with Crippen molar-refractivity contribution < 1.29 is 4.74 Å². The van der Waals surface area contributed by atoms with Crippen LogP contribution in [-0.4, -0.2) is 26.9 Å². The van der Waals surface area contributed by atoms with Crippen molar-refractivity contribution in [2.75, 3.05) is 12.4 Å². The predicted octanol–water partition coefficient (Wildman–Crippen LogP) is 6.18. The molecule has 4 aromatic rings. The molecule has 0 aliphatic carbocycles. The molecule has 0 unspecified atom stereocenters. The lowest BCUT2D eigenvalue weighted by molar-refractivity contribution is 0.341. The van der Waals surface area contributed by atoms with Crippen molar-refractivity contribution in [2.24, 2.45) is 0 Å². The highest BCUT2D eigenvalue weighted by Gasteiger charge is 2.09. The van der Waals surface area contributed by atoms with Gasteiger partial charge in [-0.3, -0.25) is 0 Å². The number of thiazole rings is 1. The summed E-state index contributed by atoms with van der Waals surface area (Å²) in [7, 11) is 0. The number of ether oxygens (including phenoxy) is 1. The second-order valence-electron chi connectivity index (χ2n) is 6.62. The summed E-state index contributed by atoms with van der Waals surface area (Å²) >= 11 is 3.62. The third kappa shape index (κ3) is 4.18. The molecule has 2 heterocycles. The molecule has 0 fully saturated rings. The summed E-state index contributed by atoms with van der Waals surface area (Å²) in [5, 5.41) is 0. The van der Waals surface area contributed by atoms with Crippen LogP contribution in [0.15, 0.2) is 46.8 Å². The van der Waals surface area contributed by atoms with E-state index in [0.717, 1.165) is 46.3 Å². The fraction of sp³-hybridized carbons (Fsp3) is 0.364. The number of hydrogen-bond acceptors (Lipinski definition) is 5. The quantitative estimate of drug-likeness (QED) is 0.243. The number of nitrogens with zero attached hydrogens (tertiary/aromatic N) is 3. The Morgan fingerprint density at radius 3 is 2.79 bits per heavy atom. The van der Waals surface area contributed by atoms with Gasteiger partial charge < -0.3 is 9.30 Å². The summed E-state index contributed by atoms with van der Waals surface area (Å²) in [5.41, 5.74) is 3.42. The molecule has 28 heavy (non-hydrogen) atoms. The third-order valence-corrected chi connectivity index (χ3v) is 6.95. The normalized spacial score (nSPS) is 11.5. The molecule has 0 aliphatic heterocycles. The first-order valence-electron chi connectivity index (χ1n) is 9.88. The number of hydrogen-bond donors (Lipinski definition) is 0. The van der Waals surface area contributed by atoms with Gasteiger partial charge in [-0.25, -0.2) is 9.97 Å². The Bertz CT molecular complexity index is 1070. The molecule has 0 saturated heterocycles. The molecule has 0 bridgehead atoms. The Labute approximate surface area is 174 Å². The van der Waals surface area contributed by atoms with Crippen molar-refractivity contribution in [1.82, 2.24) is 14.5 Å². The summed E-state index contributed by atoms with van der Waals surface area (Å²) < 4.78 is 10.3. The molecule has 2 aromatic carbocycles. The summed E-state index contributed by atoms with van der Waals surface area (Å²) in [4.78, 5) is 9.50. The van der Waals surface area contributed by atoms with E-state index in [2.05, 4.69) is 47.9 Å². The number of imidazole rings is 1. The fourth-order valence-electron chi connectivity index (χ4n) is 3.38. The zero-order valence-electron chi connectivity index (χ0n) is 16.4. The van der Waals surface area contributed by atoms with E-state index in [-0.39, 0.29) is 0 Å². The van der Waals surface area contributed by atoms with E-state index in [1.54, 1.807) is 11.3 Å². The molecule has 4 nitrogen and oxygen atoms in total. The van der Waals surface area contributed by atoms with Gasteiger partial charge in [-0.1, -0.05) is 30.8 Å². The van der Waals surface area contributed by atoms with Gasteiger partial charge in [0.2, 0.25) is 0 Å². The molecule has 0 saturated carbocycles. The molecule has 6 heteroatoms. The standard InChI is InChI=1S/C22H25N3OS2/c1-3-21-23-17-9-5-6-10-19(17)25(21)13-7-8-14-27-22-24-18-12-11-16(26-4-2)15-20(18)28-22/h5-6,9-12,15H,3-4,7-8,13-14H2,1-2H3. The van der Waals surface area contributed by atoms with E-state index >= 15 is 0 Å². The fourth-order valence-corrected chi connectivity index (χ4v) is 5.54. The molecular weight excluding hydrogens is 386 g/mol.